The number of ether oxygens (including phenoxy) is 1. The lowest BCUT2D eigenvalue weighted by molar-refractivity contribution is -0.109. The van der Waals surface area contributed by atoms with E-state index in [2.05, 4.69) is 4.90 Å². The van der Waals surface area contributed by atoms with Crippen LogP contribution < -0.4 is 0 Å². The fourth-order valence-corrected chi connectivity index (χ4v) is 1.09. The Balaban J connectivity index is 1.97. The van der Waals surface area contributed by atoms with Crippen LogP contribution in [0.25, 0.3) is 0 Å². The van der Waals surface area contributed by atoms with Crippen molar-refractivity contribution in [3.05, 3.63) is 0 Å². The van der Waals surface area contributed by atoms with Gasteiger partial charge in [0.15, 0.2) is 0 Å². The normalized spacial score (nSPS) is 20.5. The quantitative estimate of drug-likeness (QED) is 0.515. The van der Waals surface area contributed by atoms with Crippen LogP contribution in [0, 0.1) is 0 Å². The maximum absolute atomic E-state index is 9.94. The lowest BCUT2D eigenvalue weighted by Gasteiger charge is -2.37. The third-order valence-corrected chi connectivity index (χ3v) is 1.82. The summed E-state index contributed by atoms with van der Waals surface area (Å²) < 4.78 is 5.07. The molecule has 0 unspecified atom stereocenters. The van der Waals surface area contributed by atoms with Crippen LogP contribution in [-0.2, 0) is 9.53 Å². The zero-order valence-corrected chi connectivity index (χ0v) is 6.25. The molecule has 3 nitrogen and oxygen atoms in total. The third-order valence-electron chi connectivity index (χ3n) is 1.82. The minimum Gasteiger partial charge on any atom is -0.379 e. The standard InChI is InChI=1S/C7H13NO2/c1-10-7-5-8(6-7)3-2-4-9/h4,7H,2-3,5-6H2,1H3. The van der Waals surface area contributed by atoms with Gasteiger partial charge in [-0.3, -0.25) is 4.90 Å². The van der Waals surface area contributed by atoms with Crippen molar-refractivity contribution in [3.63, 3.8) is 0 Å². The smallest absolute Gasteiger partial charge is 0.121 e. The minimum absolute atomic E-state index is 0.409. The molecule has 0 N–H and O–H groups in total. The topological polar surface area (TPSA) is 29.5 Å². The first kappa shape index (κ1) is 7.69. The summed E-state index contributed by atoms with van der Waals surface area (Å²) in [6.45, 7) is 2.87. The number of carbonyl (C=O) groups is 1. The first-order chi connectivity index (χ1) is 4.86. The third kappa shape index (κ3) is 1.78. The molecule has 10 heavy (non-hydrogen) atoms. The number of hydrogen-bond acceptors (Lipinski definition) is 3. The van der Waals surface area contributed by atoms with E-state index in [1.807, 2.05) is 0 Å². The maximum atomic E-state index is 9.94. The van der Waals surface area contributed by atoms with Gasteiger partial charge in [-0.05, 0) is 0 Å². The molecule has 0 aromatic rings. The summed E-state index contributed by atoms with van der Waals surface area (Å²) in [4.78, 5) is 12.2. The van der Waals surface area contributed by atoms with E-state index in [1.54, 1.807) is 7.11 Å². The van der Waals surface area contributed by atoms with E-state index in [4.69, 9.17) is 4.74 Å². The van der Waals surface area contributed by atoms with Crippen molar-refractivity contribution in [2.45, 2.75) is 12.5 Å². The molecule has 1 aliphatic rings. The molecular formula is C7H13NO2. The Kier molecular flexibility index (Phi) is 2.83. The van der Waals surface area contributed by atoms with Gasteiger partial charge in [-0.2, -0.15) is 0 Å². The van der Waals surface area contributed by atoms with Crippen LogP contribution in [0.15, 0.2) is 0 Å². The van der Waals surface area contributed by atoms with E-state index in [9.17, 15) is 4.79 Å². The summed E-state index contributed by atoms with van der Waals surface area (Å²) >= 11 is 0. The van der Waals surface area contributed by atoms with Crippen LogP contribution in [0.2, 0.25) is 0 Å². The number of likely N-dealkylation sites (tertiary alicyclic amines) is 1. The summed E-state index contributed by atoms with van der Waals surface area (Å²) in [5, 5.41) is 0. The summed E-state index contributed by atoms with van der Waals surface area (Å²) in [5.41, 5.74) is 0. The Labute approximate surface area is 61.0 Å². The van der Waals surface area contributed by atoms with E-state index in [0.717, 1.165) is 25.9 Å². The summed E-state index contributed by atoms with van der Waals surface area (Å²) in [6.07, 6.45) is 2.02. The van der Waals surface area contributed by atoms with Gasteiger partial charge in [0, 0.05) is 33.2 Å². The van der Waals surface area contributed by atoms with Crippen molar-refractivity contribution in [1.82, 2.24) is 4.90 Å². The van der Waals surface area contributed by atoms with E-state index < -0.39 is 0 Å². The molecule has 0 bridgehead atoms. The minimum atomic E-state index is 0.409. The molecule has 0 aliphatic carbocycles. The second kappa shape index (κ2) is 3.68. The molecule has 3 heteroatoms. The molecule has 0 aromatic carbocycles. The molecule has 0 radical (unpaired) electrons. The van der Waals surface area contributed by atoms with Gasteiger partial charge in [0.1, 0.15) is 6.29 Å². The highest BCUT2D eigenvalue weighted by Gasteiger charge is 2.24. The van der Waals surface area contributed by atoms with Gasteiger partial charge in [0.25, 0.3) is 0 Å². The summed E-state index contributed by atoms with van der Waals surface area (Å²) in [6, 6.07) is 0. The molecule has 0 aromatic heterocycles. The zero-order valence-electron chi connectivity index (χ0n) is 6.25. The van der Waals surface area contributed by atoms with Crippen LogP contribution in [0.3, 0.4) is 0 Å². The molecule has 0 saturated carbocycles. The van der Waals surface area contributed by atoms with Gasteiger partial charge < -0.3 is 9.53 Å². The average Bonchev–Trinajstić information content (AvgIpc) is 1.86. The van der Waals surface area contributed by atoms with E-state index in [-0.39, 0.29) is 0 Å². The lowest BCUT2D eigenvalue weighted by atomic mass is 10.1. The SMILES string of the molecule is COC1CN(CCC=O)C1. The van der Waals surface area contributed by atoms with Crippen molar-refractivity contribution >= 4 is 6.29 Å². The summed E-state index contributed by atoms with van der Waals surface area (Å²) in [7, 11) is 1.72. The summed E-state index contributed by atoms with van der Waals surface area (Å²) in [5.74, 6) is 0. The molecule has 0 spiro atoms. The Hall–Kier alpha value is -0.410. The molecule has 0 atom stereocenters. The fourth-order valence-electron chi connectivity index (χ4n) is 1.09. The second-order valence-electron chi connectivity index (χ2n) is 2.57. The highest BCUT2D eigenvalue weighted by molar-refractivity contribution is 5.49. The van der Waals surface area contributed by atoms with E-state index in [1.165, 1.54) is 0 Å². The van der Waals surface area contributed by atoms with E-state index in [0.29, 0.717) is 12.5 Å². The number of hydrogen-bond donors (Lipinski definition) is 0. The number of carbonyl (C=O) groups excluding carboxylic acids is 1. The first-order valence-corrected chi connectivity index (χ1v) is 3.55. The van der Waals surface area contributed by atoms with Crippen molar-refractivity contribution in [2.75, 3.05) is 26.7 Å². The van der Waals surface area contributed by atoms with Crippen LogP contribution in [0.1, 0.15) is 6.42 Å². The molecule has 58 valence electrons. The monoisotopic (exact) mass is 143 g/mol. The lowest BCUT2D eigenvalue weighted by Crippen LogP contribution is -2.51. The highest BCUT2D eigenvalue weighted by atomic mass is 16.5. The van der Waals surface area contributed by atoms with Crippen LogP contribution in [-0.4, -0.2) is 44.0 Å². The van der Waals surface area contributed by atoms with Crippen molar-refractivity contribution in [3.8, 4) is 0 Å². The van der Waals surface area contributed by atoms with Gasteiger partial charge >= 0.3 is 0 Å². The molecule has 1 rings (SSSR count). The van der Waals surface area contributed by atoms with Crippen LogP contribution >= 0.6 is 0 Å². The molecule has 0 amide bonds. The molecule has 1 saturated heterocycles. The van der Waals surface area contributed by atoms with E-state index >= 15 is 0 Å². The fraction of sp³-hybridized carbons (Fsp3) is 0.857. The molecular weight excluding hydrogens is 130 g/mol. The second-order valence-corrected chi connectivity index (χ2v) is 2.57. The Bertz CT molecular complexity index is 110. The van der Waals surface area contributed by atoms with Crippen LogP contribution in [0.4, 0.5) is 0 Å². The van der Waals surface area contributed by atoms with Crippen molar-refractivity contribution in [1.29, 1.82) is 0 Å². The predicted octanol–water partition coefficient (Wildman–Crippen LogP) is -0.0940. The number of nitrogens with zero attached hydrogens (tertiary/aromatic N) is 1. The van der Waals surface area contributed by atoms with Gasteiger partial charge in [-0.15, -0.1) is 0 Å². The maximum Gasteiger partial charge on any atom is 0.121 e. The van der Waals surface area contributed by atoms with Gasteiger partial charge in [0.2, 0.25) is 0 Å². The predicted molar refractivity (Wildman–Crippen MR) is 37.9 cm³/mol. The number of rotatable bonds is 4. The van der Waals surface area contributed by atoms with Gasteiger partial charge in [0.05, 0.1) is 6.10 Å². The average molecular weight is 143 g/mol. The van der Waals surface area contributed by atoms with Crippen molar-refractivity contribution < 1.29 is 9.53 Å². The molecule has 1 aliphatic heterocycles. The molecule has 1 fully saturated rings. The van der Waals surface area contributed by atoms with Gasteiger partial charge in [-0.25, -0.2) is 0 Å². The zero-order chi connectivity index (χ0) is 7.40. The Morgan fingerprint density at radius 3 is 2.90 bits per heavy atom. The first-order valence-electron chi connectivity index (χ1n) is 3.55. The largest absolute Gasteiger partial charge is 0.379 e. The number of methoxy groups -OCH3 is 1. The number of aldehydes is 1. The Morgan fingerprint density at radius 1 is 1.70 bits per heavy atom. The highest BCUT2D eigenvalue weighted by Crippen LogP contribution is 2.09. The Morgan fingerprint density at radius 2 is 2.40 bits per heavy atom. The van der Waals surface area contributed by atoms with Crippen LogP contribution in [0.5, 0.6) is 0 Å². The molecule has 1 heterocycles. The van der Waals surface area contributed by atoms with Crippen molar-refractivity contribution in [2.24, 2.45) is 0 Å². The van der Waals surface area contributed by atoms with Gasteiger partial charge in [-0.1, -0.05) is 0 Å².